The Balaban J connectivity index is 2.02. The Morgan fingerprint density at radius 1 is 1.06 bits per heavy atom. The Kier molecular flexibility index (Phi) is 1.87. The second-order valence-corrected chi connectivity index (χ2v) is 6.12. The molecule has 4 aliphatic carbocycles. The maximum absolute atomic E-state index is 13.2. The number of carbonyl (C=O) groups excluding carboxylic acids is 1. The van der Waals surface area contributed by atoms with Gasteiger partial charge in [0.15, 0.2) is 0 Å². The lowest BCUT2D eigenvalue weighted by atomic mass is 9.44. The molecule has 0 aromatic rings. The van der Waals surface area contributed by atoms with Crippen LogP contribution in [0.1, 0.15) is 38.5 Å². The van der Waals surface area contributed by atoms with Gasteiger partial charge >= 0.3 is 6.18 Å². The summed E-state index contributed by atoms with van der Waals surface area (Å²) in [4.78, 5) is 11.0. The summed E-state index contributed by atoms with van der Waals surface area (Å²) in [6.45, 7) is 0. The molecular formula is C12H14F3O. The first-order valence-corrected chi connectivity index (χ1v) is 5.84. The van der Waals surface area contributed by atoms with Crippen molar-refractivity contribution in [2.75, 3.05) is 0 Å². The summed E-state index contributed by atoms with van der Waals surface area (Å²) in [5, 5.41) is 0. The van der Waals surface area contributed by atoms with Crippen LogP contribution in [-0.2, 0) is 4.79 Å². The second-order valence-electron chi connectivity index (χ2n) is 6.12. The van der Waals surface area contributed by atoms with E-state index in [1.165, 1.54) is 0 Å². The van der Waals surface area contributed by atoms with Gasteiger partial charge in [0.1, 0.15) is 0 Å². The highest BCUT2D eigenvalue weighted by Gasteiger charge is 2.67. The van der Waals surface area contributed by atoms with Crippen molar-refractivity contribution in [2.45, 2.75) is 44.7 Å². The van der Waals surface area contributed by atoms with Crippen LogP contribution >= 0.6 is 0 Å². The van der Waals surface area contributed by atoms with Crippen LogP contribution in [0.4, 0.5) is 13.2 Å². The molecule has 4 heteroatoms. The summed E-state index contributed by atoms with van der Waals surface area (Å²) < 4.78 is 39.5. The predicted octanol–water partition coefficient (Wildman–Crippen LogP) is 3.25. The normalized spacial score (nSPS) is 50.7. The summed E-state index contributed by atoms with van der Waals surface area (Å²) in [5.41, 5.74) is -2.33. The van der Waals surface area contributed by atoms with Crippen molar-refractivity contribution in [3.8, 4) is 0 Å². The van der Waals surface area contributed by atoms with E-state index in [4.69, 9.17) is 0 Å². The van der Waals surface area contributed by atoms with E-state index in [1.807, 2.05) is 6.29 Å². The third kappa shape index (κ3) is 1.22. The Morgan fingerprint density at radius 2 is 1.62 bits per heavy atom. The molecule has 0 heterocycles. The molecule has 0 aromatic carbocycles. The number of alkyl halides is 3. The van der Waals surface area contributed by atoms with Crippen molar-refractivity contribution >= 4 is 6.29 Å². The fourth-order valence-electron chi connectivity index (χ4n) is 4.71. The molecule has 0 spiro atoms. The average Bonchev–Trinajstić information content (AvgIpc) is 2.14. The van der Waals surface area contributed by atoms with Gasteiger partial charge in [0.2, 0.25) is 6.29 Å². The van der Waals surface area contributed by atoms with Gasteiger partial charge < -0.3 is 0 Å². The second kappa shape index (κ2) is 2.82. The molecule has 16 heavy (non-hydrogen) atoms. The van der Waals surface area contributed by atoms with Gasteiger partial charge in [-0.15, -0.1) is 0 Å². The van der Waals surface area contributed by atoms with E-state index in [0.717, 1.165) is 6.42 Å². The van der Waals surface area contributed by atoms with Gasteiger partial charge in [-0.05, 0) is 50.4 Å². The zero-order valence-electron chi connectivity index (χ0n) is 8.94. The first-order valence-electron chi connectivity index (χ1n) is 5.84. The molecule has 2 atom stereocenters. The zero-order chi connectivity index (χ0) is 11.6. The summed E-state index contributed by atoms with van der Waals surface area (Å²) in [6.07, 6.45) is 0.481. The number of halogens is 3. The molecule has 1 nitrogen and oxygen atoms in total. The molecule has 0 N–H and O–H groups in total. The molecule has 4 fully saturated rings. The Labute approximate surface area is 92.4 Å². The molecule has 0 aromatic heterocycles. The van der Waals surface area contributed by atoms with Gasteiger partial charge in [-0.3, -0.25) is 4.79 Å². The summed E-state index contributed by atoms with van der Waals surface area (Å²) in [7, 11) is 0. The van der Waals surface area contributed by atoms with Crippen LogP contribution in [0.2, 0.25) is 0 Å². The topological polar surface area (TPSA) is 17.1 Å². The van der Waals surface area contributed by atoms with Crippen LogP contribution in [0.15, 0.2) is 0 Å². The molecule has 4 bridgehead atoms. The quantitative estimate of drug-likeness (QED) is 0.677. The molecule has 4 aliphatic rings. The molecular weight excluding hydrogens is 217 g/mol. The predicted molar refractivity (Wildman–Crippen MR) is 51.3 cm³/mol. The minimum atomic E-state index is -4.15. The van der Waals surface area contributed by atoms with E-state index in [2.05, 4.69) is 0 Å². The van der Waals surface area contributed by atoms with Gasteiger partial charge in [0, 0.05) is 5.41 Å². The van der Waals surface area contributed by atoms with E-state index in [-0.39, 0.29) is 31.1 Å². The Hall–Kier alpha value is -0.540. The molecule has 4 saturated carbocycles. The monoisotopic (exact) mass is 231 g/mol. The fourth-order valence-corrected chi connectivity index (χ4v) is 4.71. The van der Waals surface area contributed by atoms with Gasteiger partial charge in [-0.25, -0.2) is 0 Å². The van der Waals surface area contributed by atoms with Crippen LogP contribution < -0.4 is 0 Å². The zero-order valence-corrected chi connectivity index (χ0v) is 8.94. The molecule has 0 saturated heterocycles. The third-order valence-electron chi connectivity index (χ3n) is 4.88. The smallest absolute Gasteiger partial charge is 0.290 e. The van der Waals surface area contributed by atoms with E-state index in [9.17, 15) is 18.0 Å². The summed E-state index contributed by atoms with van der Waals surface area (Å²) in [5.74, 6) is 0.202. The lowest BCUT2D eigenvalue weighted by molar-refractivity contribution is -0.279. The van der Waals surface area contributed by atoms with E-state index < -0.39 is 17.0 Å². The molecule has 0 aliphatic heterocycles. The Morgan fingerprint density at radius 3 is 2.06 bits per heavy atom. The number of hydrogen-bond donors (Lipinski definition) is 0. The van der Waals surface area contributed by atoms with Gasteiger partial charge in [-0.2, -0.15) is 13.2 Å². The van der Waals surface area contributed by atoms with Gasteiger partial charge in [0.25, 0.3) is 0 Å². The fraction of sp³-hybridized carbons (Fsp3) is 0.917. The summed E-state index contributed by atoms with van der Waals surface area (Å²) >= 11 is 0. The highest BCUT2D eigenvalue weighted by atomic mass is 19.4. The minimum absolute atomic E-state index is 0. The lowest BCUT2D eigenvalue weighted by Crippen LogP contribution is -2.57. The van der Waals surface area contributed by atoms with Crippen LogP contribution in [0.3, 0.4) is 0 Å². The largest absolute Gasteiger partial charge is 0.394 e. The molecule has 2 unspecified atom stereocenters. The van der Waals surface area contributed by atoms with Crippen LogP contribution in [0.25, 0.3) is 0 Å². The van der Waals surface area contributed by atoms with Crippen LogP contribution in [-0.4, -0.2) is 12.5 Å². The number of hydrogen-bond acceptors (Lipinski definition) is 1. The highest BCUT2D eigenvalue weighted by Crippen LogP contribution is 2.68. The van der Waals surface area contributed by atoms with Crippen molar-refractivity contribution in [3.05, 3.63) is 0 Å². The van der Waals surface area contributed by atoms with Crippen molar-refractivity contribution in [2.24, 2.45) is 22.7 Å². The van der Waals surface area contributed by atoms with Crippen molar-refractivity contribution < 1.29 is 18.0 Å². The Bertz CT molecular complexity index is 320. The molecule has 4 rings (SSSR count). The number of rotatable bonds is 1. The van der Waals surface area contributed by atoms with Crippen molar-refractivity contribution in [3.63, 3.8) is 0 Å². The van der Waals surface area contributed by atoms with Gasteiger partial charge in [-0.1, -0.05) is 0 Å². The highest BCUT2D eigenvalue weighted by molar-refractivity contribution is 5.61. The third-order valence-corrected chi connectivity index (χ3v) is 4.88. The van der Waals surface area contributed by atoms with Crippen molar-refractivity contribution in [1.82, 2.24) is 0 Å². The van der Waals surface area contributed by atoms with Gasteiger partial charge in [0.05, 0.1) is 5.41 Å². The SMILES string of the molecule is O=[C]C12CC3CC(C1)CC(C(F)(F)F)(C3)C2. The maximum atomic E-state index is 13.2. The standard InChI is InChI=1S/C12H14F3O/c13-12(14,15)11-4-8-1-9(5-11)3-10(2-8,6-11)7-16/h8-9H,1-6H2. The molecule has 89 valence electrons. The van der Waals surface area contributed by atoms with Crippen molar-refractivity contribution in [1.29, 1.82) is 0 Å². The van der Waals surface area contributed by atoms with E-state index in [1.54, 1.807) is 0 Å². The van der Waals surface area contributed by atoms with E-state index >= 15 is 0 Å². The minimum Gasteiger partial charge on any atom is -0.290 e. The molecule has 0 amide bonds. The first-order chi connectivity index (χ1) is 7.38. The summed E-state index contributed by atoms with van der Waals surface area (Å²) in [6, 6.07) is 0. The maximum Gasteiger partial charge on any atom is 0.394 e. The average molecular weight is 231 g/mol. The lowest BCUT2D eigenvalue weighted by Gasteiger charge is -2.60. The molecule has 1 radical (unpaired) electrons. The van der Waals surface area contributed by atoms with Crippen LogP contribution in [0, 0.1) is 22.7 Å². The van der Waals surface area contributed by atoms with Crippen LogP contribution in [0.5, 0.6) is 0 Å². The van der Waals surface area contributed by atoms with E-state index in [0.29, 0.717) is 12.8 Å². The first kappa shape index (κ1) is 10.6.